The van der Waals surface area contributed by atoms with E-state index < -0.39 is 23.0 Å². The summed E-state index contributed by atoms with van der Waals surface area (Å²) in [7, 11) is 0. The Labute approximate surface area is 215 Å². The molecule has 8 heteroatoms. The van der Waals surface area contributed by atoms with E-state index in [4.69, 9.17) is 32.7 Å². The zero-order valence-corrected chi connectivity index (χ0v) is 21.4. The maximum absolute atomic E-state index is 13.5. The van der Waals surface area contributed by atoms with Crippen LogP contribution in [-0.4, -0.2) is 24.2 Å². The average molecular weight is 513 g/mol. The smallest absolute Gasteiger partial charge is 0.422 e. The summed E-state index contributed by atoms with van der Waals surface area (Å²) >= 11 is 12.5. The molecule has 2 amide bonds. The van der Waals surface area contributed by atoms with Gasteiger partial charge in [-0.3, -0.25) is 4.79 Å². The summed E-state index contributed by atoms with van der Waals surface area (Å²) in [4.78, 5) is 27.4. The molecule has 0 unspecified atom stereocenters. The Kier molecular flexibility index (Phi) is 6.86. The van der Waals surface area contributed by atoms with Crippen molar-refractivity contribution in [2.45, 2.75) is 52.1 Å². The van der Waals surface area contributed by atoms with Gasteiger partial charge in [-0.25, -0.2) is 9.69 Å². The maximum atomic E-state index is 13.5. The minimum atomic E-state index is -0.784. The average Bonchev–Trinajstić information content (AvgIpc) is 3.35. The normalized spacial score (nSPS) is 17.9. The Bertz CT molecular complexity index is 1250. The molecule has 35 heavy (non-hydrogen) atoms. The number of halogens is 2. The van der Waals surface area contributed by atoms with E-state index in [1.54, 1.807) is 63.2 Å². The summed E-state index contributed by atoms with van der Waals surface area (Å²) < 4.78 is 11.6. The number of nitriles is 1. The molecule has 6 nitrogen and oxygen atoms in total. The highest BCUT2D eigenvalue weighted by molar-refractivity contribution is 6.42. The van der Waals surface area contributed by atoms with Crippen LogP contribution in [0.5, 0.6) is 5.75 Å². The number of fused-ring (bicyclic) bond motifs is 1. The zero-order valence-electron chi connectivity index (χ0n) is 19.9. The first-order chi connectivity index (χ1) is 16.5. The van der Waals surface area contributed by atoms with Crippen LogP contribution in [0, 0.1) is 16.7 Å². The van der Waals surface area contributed by atoms with Gasteiger partial charge >= 0.3 is 6.09 Å². The topological polar surface area (TPSA) is 79.6 Å². The second-order valence-corrected chi connectivity index (χ2v) is 10.8. The summed E-state index contributed by atoms with van der Waals surface area (Å²) in [6.45, 7) is 5.45. The fourth-order valence-corrected chi connectivity index (χ4v) is 4.71. The van der Waals surface area contributed by atoms with E-state index in [1.165, 1.54) is 0 Å². The number of carbonyl (C=O) groups excluding carboxylic acids is 2. The van der Waals surface area contributed by atoms with Crippen molar-refractivity contribution >= 4 is 52.5 Å². The van der Waals surface area contributed by atoms with Crippen LogP contribution in [0.2, 0.25) is 10.0 Å². The quantitative estimate of drug-likeness (QED) is 0.402. The molecule has 0 aromatic heterocycles. The van der Waals surface area contributed by atoms with Crippen molar-refractivity contribution in [1.29, 1.82) is 5.26 Å². The molecule has 1 aliphatic carbocycles. The number of benzene rings is 2. The van der Waals surface area contributed by atoms with Crippen LogP contribution in [0.15, 0.2) is 36.4 Å². The van der Waals surface area contributed by atoms with Crippen molar-refractivity contribution in [3.8, 4) is 11.8 Å². The molecule has 0 radical (unpaired) electrons. The number of ether oxygens (including phenoxy) is 2. The molecule has 1 aliphatic heterocycles. The molecule has 0 N–H and O–H groups in total. The molecule has 1 fully saturated rings. The second-order valence-electron chi connectivity index (χ2n) is 9.91. The van der Waals surface area contributed by atoms with Crippen molar-refractivity contribution in [2.75, 3.05) is 11.5 Å². The van der Waals surface area contributed by atoms with Crippen LogP contribution < -0.4 is 9.64 Å². The Morgan fingerprint density at radius 1 is 1.14 bits per heavy atom. The molecule has 0 atom stereocenters. The summed E-state index contributed by atoms with van der Waals surface area (Å²) in [5, 5.41) is 10.5. The number of carbonyl (C=O) groups is 2. The molecule has 0 spiro atoms. The lowest BCUT2D eigenvalue weighted by Gasteiger charge is -2.23. The van der Waals surface area contributed by atoms with E-state index in [1.807, 2.05) is 0 Å². The molecule has 1 saturated carbocycles. The number of anilines is 1. The molecule has 2 aromatic rings. The maximum Gasteiger partial charge on any atom is 0.422 e. The third-order valence-electron chi connectivity index (χ3n) is 6.07. The first-order valence-electron chi connectivity index (χ1n) is 11.4. The van der Waals surface area contributed by atoms with Gasteiger partial charge in [0.15, 0.2) is 0 Å². The minimum absolute atomic E-state index is 0.255. The number of rotatable bonds is 4. The Morgan fingerprint density at radius 2 is 1.80 bits per heavy atom. The van der Waals surface area contributed by atoms with Gasteiger partial charge in [-0.05, 0) is 70.0 Å². The molecule has 0 saturated heterocycles. The van der Waals surface area contributed by atoms with Gasteiger partial charge in [0.05, 0.1) is 22.7 Å². The van der Waals surface area contributed by atoms with Gasteiger partial charge in [-0.2, -0.15) is 5.26 Å². The zero-order chi connectivity index (χ0) is 25.4. The molecule has 2 aromatic carbocycles. The summed E-state index contributed by atoms with van der Waals surface area (Å²) in [5.41, 5.74) is 0.448. The predicted molar refractivity (Wildman–Crippen MR) is 137 cm³/mol. The summed E-state index contributed by atoms with van der Waals surface area (Å²) in [6, 6.07) is 12.5. The number of imide groups is 1. The van der Waals surface area contributed by atoms with Gasteiger partial charge in [0.1, 0.15) is 18.0 Å². The van der Waals surface area contributed by atoms with Crippen LogP contribution in [0.25, 0.3) is 11.6 Å². The van der Waals surface area contributed by atoms with E-state index >= 15 is 0 Å². The lowest BCUT2D eigenvalue weighted by Crippen LogP contribution is -2.38. The molecule has 182 valence electrons. The van der Waals surface area contributed by atoms with Crippen LogP contribution in [0.3, 0.4) is 0 Å². The lowest BCUT2D eigenvalue weighted by atomic mass is 9.89. The van der Waals surface area contributed by atoms with E-state index in [2.05, 4.69) is 6.07 Å². The summed E-state index contributed by atoms with van der Waals surface area (Å²) in [6.07, 6.45) is 4.46. The van der Waals surface area contributed by atoms with Crippen molar-refractivity contribution < 1.29 is 19.1 Å². The van der Waals surface area contributed by atoms with E-state index in [0.717, 1.165) is 30.6 Å². The van der Waals surface area contributed by atoms with Crippen LogP contribution >= 0.6 is 23.2 Å². The number of amides is 2. The van der Waals surface area contributed by atoms with Gasteiger partial charge in [-0.15, -0.1) is 0 Å². The number of nitrogens with zero attached hydrogens (tertiary/aromatic N) is 2. The van der Waals surface area contributed by atoms with E-state index in [-0.39, 0.29) is 12.2 Å². The fourth-order valence-electron chi connectivity index (χ4n) is 4.37. The first kappa shape index (κ1) is 25.1. The molecule has 1 heterocycles. The monoisotopic (exact) mass is 512 g/mol. The lowest BCUT2D eigenvalue weighted by molar-refractivity contribution is -0.112. The van der Waals surface area contributed by atoms with Gasteiger partial charge in [0, 0.05) is 21.2 Å². The number of hydrogen-bond donors (Lipinski definition) is 0. The highest BCUT2D eigenvalue weighted by Gasteiger charge is 2.40. The third-order valence-corrected chi connectivity index (χ3v) is 6.54. The first-order valence-corrected chi connectivity index (χ1v) is 12.2. The second kappa shape index (κ2) is 9.56. The Morgan fingerprint density at radius 3 is 2.46 bits per heavy atom. The van der Waals surface area contributed by atoms with E-state index in [0.29, 0.717) is 32.6 Å². The molecular formula is C27H26Cl2N2O4. The Hall–Kier alpha value is -3.01. The SMILES string of the molecule is CC(C)(C)OC(=O)N1C(=O)/C(=C/c2cc(Cl)ccc2OCC2(C#N)CCCC2)c2ccc(Cl)cc21. The fraction of sp³-hybridized carbons (Fsp3) is 0.370. The predicted octanol–water partition coefficient (Wildman–Crippen LogP) is 7.28. The van der Waals surface area contributed by atoms with Crippen molar-refractivity contribution in [3.05, 3.63) is 57.6 Å². The third kappa shape index (κ3) is 5.32. The van der Waals surface area contributed by atoms with Crippen LogP contribution in [0.4, 0.5) is 10.5 Å². The van der Waals surface area contributed by atoms with E-state index in [9.17, 15) is 14.9 Å². The number of hydrogen-bond acceptors (Lipinski definition) is 5. The minimum Gasteiger partial charge on any atom is -0.491 e. The summed E-state index contributed by atoms with van der Waals surface area (Å²) in [5.74, 6) is -0.0332. The molecule has 2 aliphatic rings. The van der Waals surface area contributed by atoms with Crippen molar-refractivity contribution in [3.63, 3.8) is 0 Å². The van der Waals surface area contributed by atoms with Crippen molar-refractivity contribution in [1.82, 2.24) is 0 Å². The van der Waals surface area contributed by atoms with Crippen LogP contribution in [-0.2, 0) is 9.53 Å². The Balaban J connectivity index is 1.73. The van der Waals surface area contributed by atoms with Crippen molar-refractivity contribution in [2.24, 2.45) is 5.41 Å². The largest absolute Gasteiger partial charge is 0.491 e. The van der Waals surface area contributed by atoms with Crippen LogP contribution in [0.1, 0.15) is 57.6 Å². The van der Waals surface area contributed by atoms with Gasteiger partial charge in [0.25, 0.3) is 5.91 Å². The van der Waals surface area contributed by atoms with Gasteiger partial charge < -0.3 is 9.47 Å². The van der Waals surface area contributed by atoms with Gasteiger partial charge in [-0.1, -0.05) is 42.1 Å². The highest BCUT2D eigenvalue weighted by atomic mass is 35.5. The highest BCUT2D eigenvalue weighted by Crippen LogP contribution is 2.42. The molecule has 4 rings (SSSR count). The van der Waals surface area contributed by atoms with Gasteiger partial charge in [0.2, 0.25) is 0 Å². The molecule has 0 bridgehead atoms. The standard InChI is InChI=1S/C27H26Cl2N2O4/c1-26(2,3)35-25(33)31-22-14-19(29)6-8-20(22)21(24(31)32)13-17-12-18(28)7-9-23(17)34-16-27(15-30)10-4-5-11-27/h6-9,12-14H,4-5,10-11,16H2,1-3H3/b21-13+. The molecular weight excluding hydrogens is 487 g/mol.